The van der Waals surface area contributed by atoms with Crippen molar-refractivity contribution in [3.05, 3.63) is 34.4 Å². The van der Waals surface area contributed by atoms with Crippen LogP contribution in [0.15, 0.2) is 23.1 Å². The van der Waals surface area contributed by atoms with E-state index in [0.29, 0.717) is 25.3 Å². The number of nitrogens with one attached hydrogen (secondary N) is 1. The molecule has 0 bridgehead atoms. The maximum atomic E-state index is 12.8. The summed E-state index contributed by atoms with van der Waals surface area (Å²) >= 11 is 0. The average Bonchev–Trinajstić information content (AvgIpc) is 3.30. The van der Waals surface area contributed by atoms with Crippen molar-refractivity contribution >= 4 is 17.5 Å². The monoisotopic (exact) mass is 357 g/mol. The van der Waals surface area contributed by atoms with Crippen molar-refractivity contribution in [3.63, 3.8) is 0 Å². The van der Waals surface area contributed by atoms with Crippen LogP contribution in [0.1, 0.15) is 44.2 Å². The third-order valence-electron chi connectivity index (χ3n) is 5.57. The minimum absolute atomic E-state index is 0.0276. The Balaban J connectivity index is 1.44. The molecule has 0 aromatic carbocycles. The predicted octanol–water partition coefficient (Wildman–Crippen LogP) is 0.740. The zero-order valence-electron chi connectivity index (χ0n) is 14.9. The van der Waals surface area contributed by atoms with Gasteiger partial charge in [-0.25, -0.2) is 9.50 Å². The van der Waals surface area contributed by atoms with E-state index in [4.69, 9.17) is 0 Å². The van der Waals surface area contributed by atoms with Crippen molar-refractivity contribution in [1.82, 2.24) is 24.4 Å². The van der Waals surface area contributed by atoms with Crippen LogP contribution < -0.4 is 5.56 Å². The minimum Gasteiger partial charge on any atom is -0.341 e. The zero-order chi connectivity index (χ0) is 18.3. The molecule has 2 aliphatic rings. The van der Waals surface area contributed by atoms with Gasteiger partial charge in [-0.05, 0) is 25.7 Å². The zero-order valence-corrected chi connectivity index (χ0v) is 14.9. The molecule has 0 aliphatic carbocycles. The lowest BCUT2D eigenvalue weighted by molar-refractivity contribution is -0.143. The van der Waals surface area contributed by atoms with Gasteiger partial charge in [0.25, 0.3) is 5.56 Å². The van der Waals surface area contributed by atoms with Crippen LogP contribution in [0.25, 0.3) is 5.65 Å². The Morgan fingerprint density at radius 3 is 2.69 bits per heavy atom. The summed E-state index contributed by atoms with van der Waals surface area (Å²) < 4.78 is 1.42. The van der Waals surface area contributed by atoms with Crippen LogP contribution in [0.4, 0.5) is 0 Å². The summed E-state index contributed by atoms with van der Waals surface area (Å²) in [6.07, 6.45) is 4.89. The molecular weight excluding hydrogens is 334 g/mol. The molecule has 4 heterocycles. The van der Waals surface area contributed by atoms with Gasteiger partial charge in [0, 0.05) is 50.8 Å². The molecule has 2 saturated heterocycles. The van der Waals surface area contributed by atoms with Crippen molar-refractivity contribution < 1.29 is 9.59 Å². The maximum absolute atomic E-state index is 12.8. The molecule has 2 fully saturated rings. The molecule has 8 heteroatoms. The Kier molecular flexibility index (Phi) is 4.26. The predicted molar refractivity (Wildman–Crippen MR) is 94.8 cm³/mol. The van der Waals surface area contributed by atoms with E-state index < -0.39 is 0 Å². The summed E-state index contributed by atoms with van der Waals surface area (Å²) in [6.45, 7) is 3.48. The molecule has 0 radical (unpaired) electrons. The number of carbonyl (C=O) groups excluding carboxylic acids is 2. The van der Waals surface area contributed by atoms with Gasteiger partial charge in [0.15, 0.2) is 5.65 Å². The lowest BCUT2D eigenvalue weighted by Crippen LogP contribution is -2.49. The smallest absolute Gasteiger partial charge is 0.272 e. The fourth-order valence-corrected chi connectivity index (χ4v) is 4.16. The van der Waals surface area contributed by atoms with E-state index in [0.717, 1.165) is 31.4 Å². The van der Waals surface area contributed by atoms with Crippen LogP contribution in [0.2, 0.25) is 0 Å². The van der Waals surface area contributed by atoms with Gasteiger partial charge in [0.2, 0.25) is 11.8 Å². The molecule has 1 N–H and O–H groups in total. The number of carbonyl (C=O) groups is 2. The van der Waals surface area contributed by atoms with E-state index in [9.17, 15) is 14.4 Å². The number of aromatic amines is 1. The van der Waals surface area contributed by atoms with Gasteiger partial charge in [-0.1, -0.05) is 0 Å². The van der Waals surface area contributed by atoms with Crippen LogP contribution in [0.3, 0.4) is 0 Å². The molecule has 26 heavy (non-hydrogen) atoms. The minimum atomic E-state index is -0.303. The van der Waals surface area contributed by atoms with Gasteiger partial charge in [-0.15, -0.1) is 0 Å². The summed E-state index contributed by atoms with van der Waals surface area (Å²) in [5.41, 5.74) is 1.30. The van der Waals surface area contributed by atoms with E-state index in [-0.39, 0.29) is 29.3 Å². The molecule has 1 unspecified atom stereocenters. The first-order valence-electron chi connectivity index (χ1n) is 9.17. The van der Waals surface area contributed by atoms with Gasteiger partial charge >= 0.3 is 0 Å². The highest BCUT2D eigenvalue weighted by molar-refractivity contribution is 5.87. The van der Waals surface area contributed by atoms with Crippen molar-refractivity contribution in [3.8, 4) is 0 Å². The van der Waals surface area contributed by atoms with Gasteiger partial charge in [0.1, 0.15) is 6.04 Å². The molecule has 0 spiro atoms. The van der Waals surface area contributed by atoms with Gasteiger partial charge in [0.05, 0.1) is 5.69 Å². The molecule has 4 rings (SSSR count). The standard InChI is InChI=1S/C18H23N5O3/c1-12(24)22-8-2-3-15(22)18(26)21-9-5-13(6-10-21)14-11-17(25)23-16(20-14)4-7-19-23/h4,7,11,13,15,19H,2-3,5-6,8-10H2,1H3. The number of fused-ring (bicyclic) bond motifs is 1. The van der Waals surface area contributed by atoms with Crippen LogP contribution in [-0.4, -0.2) is 61.9 Å². The lowest BCUT2D eigenvalue weighted by Gasteiger charge is -2.35. The SMILES string of the molecule is CC(=O)N1CCCC1C(=O)N1CCC(c2cc(=O)n3[nH]ccc3n2)CC1. The van der Waals surface area contributed by atoms with Crippen LogP contribution in [-0.2, 0) is 9.59 Å². The molecule has 138 valence electrons. The third kappa shape index (κ3) is 2.89. The number of nitrogens with zero attached hydrogens (tertiary/aromatic N) is 4. The highest BCUT2D eigenvalue weighted by atomic mass is 16.2. The van der Waals surface area contributed by atoms with Gasteiger partial charge < -0.3 is 9.80 Å². The van der Waals surface area contributed by atoms with Crippen LogP contribution in [0, 0.1) is 0 Å². The molecule has 2 aromatic rings. The third-order valence-corrected chi connectivity index (χ3v) is 5.57. The van der Waals surface area contributed by atoms with Crippen molar-refractivity contribution in [2.45, 2.75) is 44.6 Å². The molecule has 2 aromatic heterocycles. The second-order valence-corrected chi connectivity index (χ2v) is 7.15. The van der Waals surface area contributed by atoms with Crippen molar-refractivity contribution in [1.29, 1.82) is 0 Å². The second kappa shape index (κ2) is 6.59. The number of piperidine rings is 1. The first-order valence-corrected chi connectivity index (χ1v) is 9.17. The Morgan fingerprint density at radius 2 is 1.96 bits per heavy atom. The molecule has 8 nitrogen and oxygen atoms in total. The van der Waals surface area contributed by atoms with Crippen molar-refractivity contribution in [2.24, 2.45) is 0 Å². The average molecular weight is 357 g/mol. The number of H-pyrrole nitrogens is 1. The van der Waals surface area contributed by atoms with E-state index >= 15 is 0 Å². The number of likely N-dealkylation sites (tertiary alicyclic amines) is 2. The summed E-state index contributed by atoms with van der Waals surface area (Å²) in [5.74, 6) is 0.213. The van der Waals surface area contributed by atoms with E-state index in [2.05, 4.69) is 10.1 Å². The topological polar surface area (TPSA) is 90.8 Å². The van der Waals surface area contributed by atoms with Crippen molar-refractivity contribution in [2.75, 3.05) is 19.6 Å². The lowest BCUT2D eigenvalue weighted by atomic mass is 9.93. The van der Waals surface area contributed by atoms with Gasteiger partial charge in [-0.3, -0.25) is 19.5 Å². The quantitative estimate of drug-likeness (QED) is 0.858. The van der Waals surface area contributed by atoms with E-state index in [1.807, 2.05) is 4.90 Å². The number of rotatable bonds is 2. The Hall–Kier alpha value is -2.64. The second-order valence-electron chi connectivity index (χ2n) is 7.15. The highest BCUT2D eigenvalue weighted by Crippen LogP contribution is 2.28. The largest absolute Gasteiger partial charge is 0.341 e. The fraction of sp³-hybridized carbons (Fsp3) is 0.556. The fourth-order valence-electron chi connectivity index (χ4n) is 4.16. The van der Waals surface area contributed by atoms with E-state index in [1.54, 1.807) is 23.2 Å². The molecule has 2 amide bonds. The Morgan fingerprint density at radius 1 is 1.19 bits per heavy atom. The van der Waals surface area contributed by atoms with Gasteiger partial charge in [-0.2, -0.15) is 0 Å². The Bertz CT molecular complexity index is 894. The van der Waals surface area contributed by atoms with Crippen LogP contribution >= 0.6 is 0 Å². The molecule has 0 saturated carbocycles. The number of aromatic nitrogens is 3. The summed E-state index contributed by atoms with van der Waals surface area (Å²) in [6, 6.07) is 3.06. The van der Waals surface area contributed by atoms with E-state index in [1.165, 1.54) is 11.4 Å². The summed E-state index contributed by atoms with van der Waals surface area (Å²) in [4.78, 5) is 44.8. The Labute approximate surface area is 150 Å². The van der Waals surface area contributed by atoms with Crippen LogP contribution in [0.5, 0.6) is 0 Å². The number of hydrogen-bond acceptors (Lipinski definition) is 4. The molecular formula is C18H23N5O3. The first kappa shape index (κ1) is 16.8. The summed E-state index contributed by atoms with van der Waals surface area (Å²) in [7, 11) is 0. The number of hydrogen-bond donors (Lipinski definition) is 1. The maximum Gasteiger partial charge on any atom is 0.272 e. The normalized spacial score (nSPS) is 21.5. The number of amides is 2. The molecule has 1 atom stereocenters. The first-order chi connectivity index (χ1) is 12.5. The highest BCUT2D eigenvalue weighted by Gasteiger charge is 2.36. The molecule has 2 aliphatic heterocycles. The summed E-state index contributed by atoms with van der Waals surface area (Å²) in [5, 5.41) is 2.84.